The summed E-state index contributed by atoms with van der Waals surface area (Å²) in [5, 5.41) is 7.78. The third kappa shape index (κ3) is 3.23. The van der Waals surface area contributed by atoms with Gasteiger partial charge < -0.3 is 10.1 Å². The van der Waals surface area contributed by atoms with Crippen LogP contribution in [0.2, 0.25) is 0 Å². The summed E-state index contributed by atoms with van der Waals surface area (Å²) in [6, 6.07) is 8.12. The maximum atomic E-state index is 11.7. The number of rotatable bonds is 4. The van der Waals surface area contributed by atoms with E-state index >= 15 is 0 Å². The van der Waals surface area contributed by atoms with E-state index in [-0.39, 0.29) is 11.9 Å². The smallest absolute Gasteiger partial charge is 0.220 e. The fourth-order valence-electron chi connectivity index (χ4n) is 3.33. The summed E-state index contributed by atoms with van der Waals surface area (Å²) in [5.41, 5.74) is 4.44. The third-order valence-electron chi connectivity index (χ3n) is 4.48. The zero-order valence-corrected chi connectivity index (χ0v) is 13.9. The topological polar surface area (TPSA) is 56.2 Å². The molecule has 0 saturated carbocycles. The fourth-order valence-corrected chi connectivity index (χ4v) is 3.33. The first kappa shape index (κ1) is 15.6. The number of hydrogen-bond acceptors (Lipinski definition) is 3. The summed E-state index contributed by atoms with van der Waals surface area (Å²) in [6.45, 7) is 4.80. The van der Waals surface area contributed by atoms with E-state index in [0.29, 0.717) is 13.0 Å². The molecule has 2 heterocycles. The van der Waals surface area contributed by atoms with Crippen molar-refractivity contribution in [1.29, 1.82) is 0 Å². The van der Waals surface area contributed by atoms with Gasteiger partial charge in [-0.1, -0.05) is 12.1 Å². The van der Waals surface area contributed by atoms with E-state index in [2.05, 4.69) is 23.4 Å². The van der Waals surface area contributed by atoms with Crippen molar-refractivity contribution >= 4 is 5.91 Å². The molecule has 2 aromatic rings. The molecule has 1 fully saturated rings. The number of aromatic nitrogens is 2. The number of amides is 1. The van der Waals surface area contributed by atoms with Crippen molar-refractivity contribution in [3.8, 4) is 5.75 Å². The molecule has 0 aliphatic carbocycles. The number of methoxy groups -OCH3 is 1. The monoisotopic (exact) mass is 313 g/mol. The van der Waals surface area contributed by atoms with E-state index in [1.807, 2.05) is 29.8 Å². The maximum absolute atomic E-state index is 11.7. The number of nitrogens with zero attached hydrogens (tertiary/aromatic N) is 2. The van der Waals surface area contributed by atoms with Crippen LogP contribution in [0.1, 0.15) is 47.8 Å². The quantitative estimate of drug-likeness (QED) is 0.944. The number of piperidine rings is 1. The Morgan fingerprint density at radius 1 is 1.39 bits per heavy atom. The zero-order valence-electron chi connectivity index (χ0n) is 13.9. The number of nitrogens with one attached hydrogen (secondary N) is 1. The lowest BCUT2D eigenvalue weighted by molar-refractivity contribution is -0.123. The predicted octanol–water partition coefficient (Wildman–Crippen LogP) is 2.90. The lowest BCUT2D eigenvalue weighted by Gasteiger charge is -2.23. The van der Waals surface area contributed by atoms with Crippen molar-refractivity contribution in [2.24, 2.45) is 0 Å². The normalized spacial score (nSPS) is 17.9. The number of aryl methyl sites for hydroxylation is 1. The average molecular weight is 313 g/mol. The lowest BCUT2D eigenvalue weighted by Crippen LogP contribution is -2.33. The maximum Gasteiger partial charge on any atom is 0.220 e. The van der Waals surface area contributed by atoms with Crippen LogP contribution in [0.5, 0.6) is 5.75 Å². The Bertz CT molecular complexity index is 721. The molecule has 0 radical (unpaired) electrons. The van der Waals surface area contributed by atoms with Gasteiger partial charge in [0.25, 0.3) is 0 Å². The number of benzene rings is 1. The summed E-state index contributed by atoms with van der Waals surface area (Å²) in [6.07, 6.45) is 2.56. The second kappa shape index (κ2) is 6.44. The highest BCUT2D eigenvalue weighted by molar-refractivity contribution is 5.77. The lowest BCUT2D eigenvalue weighted by atomic mass is 9.96. The van der Waals surface area contributed by atoms with E-state index in [0.717, 1.165) is 35.5 Å². The standard InChI is InChI=1S/C18H23N3O2/c1-12-18(16-8-5-9-17(22)19-16)13(2)21(20-12)11-14-6-4-7-15(10-14)23-3/h4,6-7,10,16H,5,8-9,11H2,1-3H3,(H,19,22). The molecule has 23 heavy (non-hydrogen) atoms. The highest BCUT2D eigenvalue weighted by atomic mass is 16.5. The Labute approximate surface area is 136 Å². The Balaban J connectivity index is 1.86. The van der Waals surface area contributed by atoms with Crippen molar-refractivity contribution in [1.82, 2.24) is 15.1 Å². The van der Waals surface area contributed by atoms with Gasteiger partial charge >= 0.3 is 0 Å². The molecule has 1 aliphatic rings. The van der Waals surface area contributed by atoms with E-state index in [1.165, 1.54) is 5.56 Å². The molecular formula is C18H23N3O2. The molecule has 1 amide bonds. The second-order valence-corrected chi connectivity index (χ2v) is 6.11. The highest BCUT2D eigenvalue weighted by Gasteiger charge is 2.25. The second-order valence-electron chi connectivity index (χ2n) is 6.11. The molecule has 0 bridgehead atoms. The zero-order chi connectivity index (χ0) is 16.4. The Kier molecular flexibility index (Phi) is 4.37. The van der Waals surface area contributed by atoms with Gasteiger partial charge in [0.05, 0.1) is 25.4 Å². The minimum Gasteiger partial charge on any atom is -0.497 e. The molecule has 1 aromatic heterocycles. The molecule has 1 aromatic carbocycles. The SMILES string of the molecule is COc1cccc(Cn2nc(C)c(C3CCCC(=O)N3)c2C)c1. The van der Waals surface area contributed by atoms with Gasteiger partial charge in [0.2, 0.25) is 5.91 Å². The summed E-state index contributed by atoms with van der Waals surface area (Å²) in [4.78, 5) is 11.7. The largest absolute Gasteiger partial charge is 0.497 e. The van der Waals surface area contributed by atoms with Crippen LogP contribution < -0.4 is 10.1 Å². The molecule has 1 N–H and O–H groups in total. The van der Waals surface area contributed by atoms with Crippen LogP contribution in [0, 0.1) is 13.8 Å². The van der Waals surface area contributed by atoms with Gasteiger partial charge in [-0.15, -0.1) is 0 Å². The Morgan fingerprint density at radius 2 is 2.22 bits per heavy atom. The molecule has 0 spiro atoms. The van der Waals surface area contributed by atoms with Gasteiger partial charge in [-0.25, -0.2) is 0 Å². The number of carbonyl (C=O) groups is 1. The van der Waals surface area contributed by atoms with Gasteiger partial charge in [0, 0.05) is 17.7 Å². The van der Waals surface area contributed by atoms with Gasteiger partial charge in [-0.2, -0.15) is 5.10 Å². The molecule has 1 saturated heterocycles. The minimum atomic E-state index is 0.0929. The van der Waals surface area contributed by atoms with Crippen LogP contribution in [0.25, 0.3) is 0 Å². The average Bonchev–Trinajstić information content (AvgIpc) is 2.81. The summed E-state index contributed by atoms with van der Waals surface area (Å²) >= 11 is 0. The number of carbonyl (C=O) groups excluding carboxylic acids is 1. The summed E-state index contributed by atoms with van der Waals surface area (Å²) in [5.74, 6) is 0.990. The Hall–Kier alpha value is -2.30. The van der Waals surface area contributed by atoms with Crippen LogP contribution >= 0.6 is 0 Å². The van der Waals surface area contributed by atoms with E-state index < -0.39 is 0 Å². The van der Waals surface area contributed by atoms with Crippen molar-refractivity contribution < 1.29 is 9.53 Å². The van der Waals surface area contributed by atoms with Crippen molar-refractivity contribution in [2.75, 3.05) is 7.11 Å². The van der Waals surface area contributed by atoms with Crippen LogP contribution in [0.15, 0.2) is 24.3 Å². The summed E-state index contributed by atoms with van der Waals surface area (Å²) in [7, 11) is 1.67. The molecule has 122 valence electrons. The van der Waals surface area contributed by atoms with Crippen molar-refractivity contribution in [3.63, 3.8) is 0 Å². The van der Waals surface area contributed by atoms with Gasteiger partial charge in [-0.05, 0) is 44.4 Å². The van der Waals surface area contributed by atoms with Crippen molar-refractivity contribution in [3.05, 3.63) is 46.8 Å². The summed E-state index contributed by atoms with van der Waals surface area (Å²) < 4.78 is 7.30. The first-order valence-electron chi connectivity index (χ1n) is 8.04. The van der Waals surface area contributed by atoms with Gasteiger partial charge in [0.15, 0.2) is 0 Å². The molecule has 1 atom stereocenters. The Morgan fingerprint density at radius 3 is 2.96 bits per heavy atom. The van der Waals surface area contributed by atoms with E-state index in [1.54, 1.807) is 7.11 Å². The minimum absolute atomic E-state index is 0.0929. The van der Waals surface area contributed by atoms with Crippen LogP contribution in [-0.4, -0.2) is 22.8 Å². The first-order valence-corrected chi connectivity index (χ1v) is 8.04. The molecular weight excluding hydrogens is 290 g/mol. The van der Waals surface area contributed by atoms with Crippen LogP contribution in [0.4, 0.5) is 0 Å². The number of hydrogen-bond donors (Lipinski definition) is 1. The number of ether oxygens (including phenoxy) is 1. The van der Waals surface area contributed by atoms with E-state index in [9.17, 15) is 4.79 Å². The fraction of sp³-hybridized carbons (Fsp3) is 0.444. The molecule has 1 unspecified atom stereocenters. The predicted molar refractivity (Wildman–Crippen MR) is 88.5 cm³/mol. The molecule has 5 heteroatoms. The molecule has 5 nitrogen and oxygen atoms in total. The molecule has 3 rings (SSSR count). The van der Waals surface area contributed by atoms with Gasteiger partial charge in [0.1, 0.15) is 5.75 Å². The van der Waals surface area contributed by atoms with Crippen LogP contribution in [-0.2, 0) is 11.3 Å². The highest BCUT2D eigenvalue weighted by Crippen LogP contribution is 2.29. The van der Waals surface area contributed by atoms with Crippen molar-refractivity contribution in [2.45, 2.75) is 45.7 Å². The van der Waals surface area contributed by atoms with E-state index in [4.69, 9.17) is 4.74 Å². The third-order valence-corrected chi connectivity index (χ3v) is 4.48. The van der Waals surface area contributed by atoms with Gasteiger partial charge in [-0.3, -0.25) is 9.48 Å². The molecule has 1 aliphatic heterocycles. The van der Waals surface area contributed by atoms with Crippen LogP contribution in [0.3, 0.4) is 0 Å². The first-order chi connectivity index (χ1) is 11.1.